The average molecular weight is 833 g/mol. The zero-order chi connectivity index (χ0) is 44.0. The summed E-state index contributed by atoms with van der Waals surface area (Å²) in [7, 11) is 0. The van der Waals surface area contributed by atoms with Gasteiger partial charge in [-0.3, -0.25) is 0 Å². The van der Waals surface area contributed by atoms with Crippen LogP contribution in [0.4, 0.5) is 0 Å². The van der Waals surface area contributed by atoms with Crippen LogP contribution in [0.15, 0.2) is 182 Å². The highest BCUT2D eigenvalue weighted by Crippen LogP contribution is 2.52. The summed E-state index contributed by atoms with van der Waals surface area (Å²) in [6.45, 7) is 14.2. The van der Waals surface area contributed by atoms with Crippen molar-refractivity contribution in [2.24, 2.45) is 0 Å². The van der Waals surface area contributed by atoms with Gasteiger partial charge in [0.2, 0.25) is 11.2 Å². The topological polar surface area (TPSA) is 7.98 Å². The van der Waals surface area contributed by atoms with E-state index in [1.165, 1.54) is 113 Å². The molecule has 2 atom stereocenters. The second-order valence-electron chi connectivity index (χ2n) is 18.6. The Morgan fingerprint density at radius 1 is 0.500 bits per heavy atom. The Bertz CT molecular complexity index is 3200. The van der Waals surface area contributed by atoms with Crippen LogP contribution < -0.4 is 8.97 Å². The fourth-order valence-electron chi connectivity index (χ4n) is 11.4. The Labute approximate surface area is 380 Å². The van der Waals surface area contributed by atoms with E-state index in [9.17, 15) is 0 Å². The van der Waals surface area contributed by atoms with Crippen LogP contribution in [0.25, 0.3) is 72.1 Å². The molecular formula is C62H60N2+2. The lowest BCUT2D eigenvalue weighted by atomic mass is 9.58. The van der Waals surface area contributed by atoms with Gasteiger partial charge in [0.15, 0.2) is 23.6 Å². The number of unbranched alkanes of at least 4 members (excludes halogenated alkanes) is 1. The highest BCUT2D eigenvalue weighted by Gasteiger charge is 2.60. The first kappa shape index (κ1) is 41.4. The molecule has 0 fully saturated rings. The molecule has 2 unspecified atom stereocenters. The number of benzene rings is 6. The van der Waals surface area contributed by atoms with Crippen molar-refractivity contribution in [1.29, 1.82) is 0 Å². The lowest BCUT2D eigenvalue weighted by molar-refractivity contribution is -0.771. The Morgan fingerprint density at radius 3 is 1.88 bits per heavy atom. The van der Waals surface area contributed by atoms with Gasteiger partial charge in [0.1, 0.15) is 0 Å². The van der Waals surface area contributed by atoms with Crippen molar-refractivity contribution in [3.8, 4) is 55.8 Å². The largest absolute Gasteiger partial charge is 0.221 e. The molecule has 0 radical (unpaired) electrons. The molecule has 0 bridgehead atoms. The van der Waals surface area contributed by atoms with Gasteiger partial charge in [-0.15, -0.1) is 0 Å². The third-order valence-electron chi connectivity index (χ3n) is 15.0. The molecular weight excluding hydrogens is 773 g/mol. The monoisotopic (exact) mass is 832 g/mol. The normalized spacial score (nSPS) is 16.8. The average Bonchev–Trinajstić information content (AvgIpc) is 3.34. The standard InChI is InChI=1S/C62H60N2/c1-7-10-22-45-23-16-27-47(35-45)53-37-52(46-24-12-11-13-25-46)38-54(39-53)49-29-17-28-48(36-49)50-31-32-58-57(41-50)60-44(5)21-19-34-64(60)62(9-3,61(58,6)8-2)42-55-40-51-26-14-15-30-56(51)59-43(4)20-18-33-63(55)59/h11-21,23-41H,7-10,22,42H2,1-6H3/q+2. The molecule has 64 heavy (non-hydrogen) atoms. The lowest BCUT2D eigenvalue weighted by Gasteiger charge is -2.47. The maximum Gasteiger partial charge on any atom is 0.221 e. The predicted octanol–water partition coefficient (Wildman–Crippen LogP) is 15.2. The van der Waals surface area contributed by atoms with Gasteiger partial charge in [-0.25, -0.2) is 0 Å². The molecule has 316 valence electrons. The number of pyridine rings is 3. The van der Waals surface area contributed by atoms with E-state index in [1.807, 2.05) is 0 Å². The van der Waals surface area contributed by atoms with E-state index in [0.717, 1.165) is 25.7 Å². The number of aryl methyl sites for hydroxylation is 3. The molecule has 0 saturated carbocycles. The number of nitrogens with zero attached hydrogens (tertiary/aromatic N) is 2. The summed E-state index contributed by atoms with van der Waals surface area (Å²) in [5, 5.41) is 2.60. The maximum absolute atomic E-state index is 2.69. The first-order chi connectivity index (χ1) is 31.2. The first-order valence-corrected chi connectivity index (χ1v) is 23.6. The summed E-state index contributed by atoms with van der Waals surface area (Å²) >= 11 is 0. The summed E-state index contributed by atoms with van der Waals surface area (Å²) in [4.78, 5) is 0. The third kappa shape index (κ3) is 6.96. The van der Waals surface area contributed by atoms with Crippen molar-refractivity contribution in [2.75, 3.05) is 0 Å². The number of fused-ring (bicyclic) bond motifs is 6. The van der Waals surface area contributed by atoms with Crippen molar-refractivity contribution < 1.29 is 8.97 Å². The summed E-state index contributed by atoms with van der Waals surface area (Å²) in [6.07, 6.45) is 11.1. The van der Waals surface area contributed by atoms with Crippen molar-refractivity contribution in [3.05, 3.63) is 210 Å². The molecule has 6 aromatic carbocycles. The number of rotatable bonds is 11. The van der Waals surface area contributed by atoms with Gasteiger partial charge in [0, 0.05) is 35.7 Å². The second kappa shape index (κ2) is 16.8. The van der Waals surface area contributed by atoms with E-state index >= 15 is 0 Å². The molecule has 2 heteroatoms. The van der Waals surface area contributed by atoms with Gasteiger partial charge in [0.05, 0.1) is 22.8 Å². The number of hydrogen-bond acceptors (Lipinski definition) is 0. The molecule has 9 aromatic rings. The summed E-state index contributed by atoms with van der Waals surface area (Å²) in [5.74, 6) is 0. The van der Waals surface area contributed by atoms with Crippen LogP contribution in [0.1, 0.15) is 81.3 Å². The van der Waals surface area contributed by atoms with Gasteiger partial charge in [0.25, 0.3) is 0 Å². The van der Waals surface area contributed by atoms with E-state index in [1.54, 1.807) is 0 Å². The smallest absolute Gasteiger partial charge is 0.191 e. The van der Waals surface area contributed by atoms with Crippen LogP contribution in [0.5, 0.6) is 0 Å². The van der Waals surface area contributed by atoms with Gasteiger partial charge >= 0.3 is 0 Å². The molecule has 2 nitrogen and oxygen atoms in total. The van der Waals surface area contributed by atoms with E-state index in [2.05, 4.69) is 233 Å². The minimum absolute atomic E-state index is 0.159. The quantitative estimate of drug-likeness (QED) is 0.0906. The van der Waals surface area contributed by atoms with E-state index in [-0.39, 0.29) is 11.0 Å². The van der Waals surface area contributed by atoms with Crippen LogP contribution in [0.2, 0.25) is 0 Å². The molecule has 0 saturated heterocycles. The highest BCUT2D eigenvalue weighted by molar-refractivity contribution is 5.95. The van der Waals surface area contributed by atoms with Crippen LogP contribution in [-0.2, 0) is 23.8 Å². The Morgan fingerprint density at radius 2 is 1.12 bits per heavy atom. The fourth-order valence-corrected chi connectivity index (χ4v) is 11.4. The van der Waals surface area contributed by atoms with Gasteiger partial charge in [-0.2, -0.15) is 8.97 Å². The van der Waals surface area contributed by atoms with E-state index in [0.29, 0.717) is 0 Å². The van der Waals surface area contributed by atoms with Crippen molar-refractivity contribution in [3.63, 3.8) is 0 Å². The van der Waals surface area contributed by atoms with Gasteiger partial charge < -0.3 is 0 Å². The Balaban J connectivity index is 1.10. The molecule has 3 aromatic heterocycles. The SMILES string of the molecule is CCCCc1cccc(-c2cc(-c3ccccc3)cc(-c3cccc(-c4ccc5c(c4)-c4c(C)ccc[n+]4C(CC)(Cc4cc6ccccc6c6c(C)ccc[n+]46)C5(C)CC)c3)c2)c1. The molecule has 4 heterocycles. The molecule has 0 amide bonds. The predicted molar refractivity (Wildman–Crippen MR) is 269 cm³/mol. The minimum atomic E-state index is -0.222. The van der Waals surface area contributed by atoms with Crippen LogP contribution in [0.3, 0.4) is 0 Å². The summed E-state index contributed by atoms with van der Waals surface area (Å²) in [5.41, 5.74) is 20.3. The Hall–Kier alpha value is -6.64. The highest BCUT2D eigenvalue weighted by atomic mass is 15.1. The van der Waals surface area contributed by atoms with Gasteiger partial charge in [-0.1, -0.05) is 130 Å². The molecule has 0 N–H and O–H groups in total. The first-order valence-electron chi connectivity index (χ1n) is 23.6. The zero-order valence-corrected chi connectivity index (χ0v) is 38.5. The molecule has 1 aliphatic heterocycles. The van der Waals surface area contributed by atoms with Crippen LogP contribution >= 0.6 is 0 Å². The van der Waals surface area contributed by atoms with Crippen molar-refractivity contribution in [2.45, 2.75) is 91.0 Å². The van der Waals surface area contributed by atoms with Crippen LogP contribution in [-0.4, -0.2) is 0 Å². The Kier molecular flexibility index (Phi) is 10.9. The number of hydrogen-bond donors (Lipinski definition) is 0. The fraction of sp³-hybridized carbons (Fsp3) is 0.226. The van der Waals surface area contributed by atoms with E-state index < -0.39 is 0 Å². The molecule has 0 aliphatic carbocycles. The zero-order valence-electron chi connectivity index (χ0n) is 38.5. The maximum atomic E-state index is 2.69. The van der Waals surface area contributed by atoms with Crippen molar-refractivity contribution in [1.82, 2.24) is 0 Å². The second-order valence-corrected chi connectivity index (χ2v) is 18.6. The molecule has 0 spiro atoms. The summed E-state index contributed by atoms with van der Waals surface area (Å²) < 4.78 is 5.18. The van der Waals surface area contributed by atoms with Crippen molar-refractivity contribution >= 4 is 16.3 Å². The summed E-state index contributed by atoms with van der Waals surface area (Å²) in [6, 6.07) is 64.1. The van der Waals surface area contributed by atoms with E-state index in [4.69, 9.17) is 0 Å². The number of aromatic nitrogens is 2. The van der Waals surface area contributed by atoms with Gasteiger partial charge in [-0.05, 0) is 150 Å². The lowest BCUT2D eigenvalue weighted by Crippen LogP contribution is -2.70. The third-order valence-corrected chi connectivity index (χ3v) is 15.0. The molecule has 1 aliphatic rings. The molecule has 10 rings (SSSR count). The minimum Gasteiger partial charge on any atom is -0.191 e. The van der Waals surface area contributed by atoms with Crippen LogP contribution in [0, 0.1) is 13.8 Å².